The summed E-state index contributed by atoms with van der Waals surface area (Å²) in [6.45, 7) is 0. The van der Waals surface area contributed by atoms with Crippen molar-refractivity contribution in [3.05, 3.63) is 0 Å². The molecule has 0 rings (SSSR count). The lowest BCUT2D eigenvalue weighted by atomic mass is 11.3. The Labute approximate surface area is 48.0 Å². The first-order chi connectivity index (χ1) is 3.35. The van der Waals surface area contributed by atoms with Crippen molar-refractivity contribution in [2.45, 2.75) is 0 Å². The molecule has 0 aromatic carbocycles. The van der Waals surface area contributed by atoms with Crippen LogP contribution in [0.15, 0.2) is 4.99 Å². The van der Waals surface area contributed by atoms with E-state index in [1.54, 1.807) is 14.2 Å². The molecule has 0 unspecified atom stereocenters. The first kappa shape index (κ1) is 6.82. The third-order valence-electron chi connectivity index (χ3n) is 0.532. The smallest absolute Gasteiger partial charge is 0.244 e. The summed E-state index contributed by atoms with van der Waals surface area (Å²) in [4.78, 5) is 3.78. The molecule has 0 aliphatic carbocycles. The number of rotatable bonds is 0. The predicted octanol–water partition coefficient (Wildman–Crippen LogP) is 0.982. The second-order valence-electron chi connectivity index (χ2n) is 0.898. The van der Waals surface area contributed by atoms with Crippen molar-refractivity contribution in [3.8, 4) is 0 Å². The minimum absolute atomic E-state index is 0.722. The zero-order chi connectivity index (χ0) is 5.70. The van der Waals surface area contributed by atoms with E-state index in [0.29, 0.717) is 0 Å². The number of hydrogen-bond acceptors (Lipinski definition) is 3. The average Bonchev–Trinajstić information content (AvgIpc) is 1.72. The van der Waals surface area contributed by atoms with Crippen LogP contribution in [0.1, 0.15) is 0 Å². The van der Waals surface area contributed by atoms with Gasteiger partial charge in [-0.1, -0.05) is 11.8 Å². The van der Waals surface area contributed by atoms with Gasteiger partial charge in [-0.25, -0.2) is 4.99 Å². The Morgan fingerprint density at radius 3 is 2.29 bits per heavy atom. The van der Waals surface area contributed by atoms with Gasteiger partial charge in [-0.05, 0) is 6.26 Å². The Kier molecular flexibility index (Phi) is 3.89. The van der Waals surface area contributed by atoms with E-state index in [1.165, 1.54) is 11.8 Å². The highest BCUT2D eigenvalue weighted by atomic mass is 32.2. The molecule has 0 aliphatic heterocycles. The lowest BCUT2D eigenvalue weighted by molar-refractivity contribution is 0.415. The van der Waals surface area contributed by atoms with E-state index < -0.39 is 0 Å². The van der Waals surface area contributed by atoms with Crippen LogP contribution < -0.4 is 0 Å². The third-order valence-corrected chi connectivity index (χ3v) is 1.23. The fraction of sp³-hybridized carbons (Fsp3) is 0.750. The summed E-state index contributed by atoms with van der Waals surface area (Å²) in [6, 6.07) is 0. The van der Waals surface area contributed by atoms with Crippen LogP contribution in [0.2, 0.25) is 0 Å². The van der Waals surface area contributed by atoms with Crippen molar-refractivity contribution >= 4 is 17.0 Å². The molecule has 0 atom stereocenters. The van der Waals surface area contributed by atoms with Gasteiger partial charge in [0, 0.05) is 7.05 Å². The fourth-order valence-corrected chi connectivity index (χ4v) is 0.615. The molecule has 7 heavy (non-hydrogen) atoms. The van der Waals surface area contributed by atoms with E-state index in [2.05, 4.69) is 4.99 Å². The highest BCUT2D eigenvalue weighted by Gasteiger charge is 1.86. The Balaban J connectivity index is 3.38. The molecule has 42 valence electrons. The summed E-state index contributed by atoms with van der Waals surface area (Å²) in [6.07, 6.45) is 1.92. The largest absolute Gasteiger partial charge is 0.476 e. The van der Waals surface area contributed by atoms with Gasteiger partial charge in [0.25, 0.3) is 0 Å². The zero-order valence-corrected chi connectivity index (χ0v) is 5.58. The average molecular weight is 119 g/mol. The van der Waals surface area contributed by atoms with Crippen LogP contribution in [0.5, 0.6) is 0 Å². The van der Waals surface area contributed by atoms with Gasteiger partial charge in [0.1, 0.15) is 0 Å². The van der Waals surface area contributed by atoms with E-state index in [0.717, 1.165) is 5.23 Å². The molecule has 0 radical (unpaired) electrons. The van der Waals surface area contributed by atoms with Crippen LogP contribution in [0, 0.1) is 0 Å². The van der Waals surface area contributed by atoms with E-state index in [4.69, 9.17) is 4.74 Å². The Hall–Kier alpha value is -0.180. The van der Waals surface area contributed by atoms with Gasteiger partial charge in [0.15, 0.2) is 0 Å². The van der Waals surface area contributed by atoms with Crippen molar-refractivity contribution in [1.29, 1.82) is 0 Å². The SMILES string of the molecule is C/N=C(/OC)SC. The fourth-order valence-electron chi connectivity index (χ4n) is 0.266. The van der Waals surface area contributed by atoms with E-state index >= 15 is 0 Å². The molecule has 0 bridgehead atoms. The molecule has 0 saturated heterocycles. The first-order valence-corrected chi connectivity index (χ1v) is 3.12. The topological polar surface area (TPSA) is 21.6 Å². The summed E-state index contributed by atoms with van der Waals surface area (Å²) >= 11 is 1.50. The molecule has 2 nitrogen and oxygen atoms in total. The lowest BCUT2D eigenvalue weighted by Crippen LogP contribution is -1.91. The number of hydrogen-bond donors (Lipinski definition) is 0. The van der Waals surface area contributed by atoms with Gasteiger partial charge in [0.05, 0.1) is 7.11 Å². The van der Waals surface area contributed by atoms with Gasteiger partial charge in [-0.3, -0.25) is 0 Å². The second kappa shape index (κ2) is 3.99. The monoisotopic (exact) mass is 119 g/mol. The third kappa shape index (κ3) is 2.51. The molecule has 0 aliphatic rings. The Morgan fingerprint density at radius 2 is 2.29 bits per heavy atom. The minimum Gasteiger partial charge on any atom is -0.476 e. The zero-order valence-electron chi connectivity index (χ0n) is 4.76. The normalized spacial score (nSPS) is 11.6. The van der Waals surface area contributed by atoms with Crippen LogP contribution in [0.3, 0.4) is 0 Å². The highest BCUT2D eigenvalue weighted by Crippen LogP contribution is 1.95. The summed E-state index contributed by atoms with van der Waals surface area (Å²) in [7, 11) is 3.31. The molecule has 3 heteroatoms. The van der Waals surface area contributed by atoms with Crippen LogP contribution in [-0.4, -0.2) is 25.6 Å². The van der Waals surface area contributed by atoms with E-state index in [-0.39, 0.29) is 0 Å². The summed E-state index contributed by atoms with van der Waals surface area (Å²) in [5.74, 6) is 0. The maximum atomic E-state index is 4.76. The molecule has 0 spiro atoms. The molecular formula is C4H9NOS. The molecule has 0 fully saturated rings. The molecule has 0 N–H and O–H groups in total. The lowest BCUT2D eigenvalue weighted by Gasteiger charge is -1.94. The molecular weight excluding hydrogens is 110 g/mol. The summed E-state index contributed by atoms with van der Waals surface area (Å²) in [5, 5.41) is 0.722. The quantitative estimate of drug-likeness (QED) is 0.350. The van der Waals surface area contributed by atoms with Gasteiger partial charge >= 0.3 is 0 Å². The minimum atomic E-state index is 0.722. The van der Waals surface area contributed by atoms with Gasteiger partial charge in [0.2, 0.25) is 5.23 Å². The molecule has 0 amide bonds. The maximum Gasteiger partial charge on any atom is 0.244 e. The predicted molar refractivity (Wildman–Crippen MR) is 33.9 cm³/mol. The van der Waals surface area contributed by atoms with E-state index in [1.807, 2.05) is 6.26 Å². The molecule has 0 saturated carbocycles. The van der Waals surface area contributed by atoms with Crippen LogP contribution >= 0.6 is 11.8 Å². The highest BCUT2D eigenvalue weighted by molar-refractivity contribution is 8.12. The summed E-state index contributed by atoms with van der Waals surface area (Å²) < 4.78 is 4.76. The van der Waals surface area contributed by atoms with Gasteiger partial charge in [-0.15, -0.1) is 0 Å². The maximum absolute atomic E-state index is 4.76. The van der Waals surface area contributed by atoms with Crippen LogP contribution in [0.4, 0.5) is 0 Å². The number of methoxy groups -OCH3 is 1. The number of aliphatic imine (C=N–C) groups is 1. The number of nitrogens with zero attached hydrogens (tertiary/aromatic N) is 1. The van der Waals surface area contributed by atoms with Crippen LogP contribution in [0.25, 0.3) is 0 Å². The number of thioether (sulfide) groups is 1. The Bertz CT molecular complexity index is 66.1. The van der Waals surface area contributed by atoms with Crippen molar-refractivity contribution in [2.24, 2.45) is 4.99 Å². The van der Waals surface area contributed by atoms with Crippen LogP contribution in [-0.2, 0) is 4.74 Å². The van der Waals surface area contributed by atoms with Crippen molar-refractivity contribution < 1.29 is 4.74 Å². The first-order valence-electron chi connectivity index (χ1n) is 1.90. The second-order valence-corrected chi connectivity index (χ2v) is 1.66. The standard InChI is InChI=1S/C4H9NOS/c1-5-4(6-2)7-3/h1-3H3/b5-4-. The van der Waals surface area contributed by atoms with Crippen molar-refractivity contribution in [2.75, 3.05) is 20.4 Å². The molecule has 0 aromatic heterocycles. The van der Waals surface area contributed by atoms with E-state index in [9.17, 15) is 0 Å². The van der Waals surface area contributed by atoms with Gasteiger partial charge in [-0.2, -0.15) is 0 Å². The van der Waals surface area contributed by atoms with Crippen molar-refractivity contribution in [3.63, 3.8) is 0 Å². The van der Waals surface area contributed by atoms with Gasteiger partial charge < -0.3 is 4.74 Å². The molecule has 0 heterocycles. The Morgan fingerprint density at radius 1 is 1.71 bits per heavy atom. The van der Waals surface area contributed by atoms with Crippen molar-refractivity contribution in [1.82, 2.24) is 0 Å². The number of ether oxygens (including phenoxy) is 1. The molecule has 0 aromatic rings. The summed E-state index contributed by atoms with van der Waals surface area (Å²) in [5.41, 5.74) is 0.